The fourth-order valence-electron chi connectivity index (χ4n) is 1.20. The molecule has 1 rings (SSSR count). The molecule has 10 nitrogen and oxygen atoms in total. The van der Waals surface area contributed by atoms with Gasteiger partial charge in [0.25, 0.3) is 10.1 Å². The van der Waals surface area contributed by atoms with Crippen LogP contribution in [0.1, 0.15) is 0 Å². The Kier molecular flexibility index (Phi) is 12.6. The third kappa shape index (κ3) is 7.75. The van der Waals surface area contributed by atoms with Crippen molar-refractivity contribution < 1.29 is 98.1 Å². The summed E-state index contributed by atoms with van der Waals surface area (Å²) in [6.07, 6.45) is 0. The van der Waals surface area contributed by atoms with Crippen LogP contribution in [-0.2, 0) is 75.7 Å². The first-order chi connectivity index (χ1) is 9.06. The Balaban J connectivity index is 0. The Morgan fingerprint density at radius 2 is 1.36 bits per heavy atom. The van der Waals surface area contributed by atoms with Gasteiger partial charge >= 0.3 is 24.8 Å². The van der Waals surface area contributed by atoms with Crippen LogP contribution in [0.4, 0.5) is 0 Å². The molecule has 0 fully saturated rings. The minimum absolute atomic E-state index is 0. The fraction of sp³-hybridized carbons (Fsp3) is 0. The molecule has 0 bridgehead atoms. The molecule has 122 valence electrons. The minimum atomic E-state index is -4.83. The zero-order valence-electron chi connectivity index (χ0n) is 10.3. The second-order valence-corrected chi connectivity index (χ2v) is 8.29. The molecule has 0 aliphatic heterocycles. The van der Waals surface area contributed by atoms with Gasteiger partial charge in [0.05, 0.1) is 5.30 Å². The second-order valence-electron chi connectivity index (χ2n) is 3.11. The molecule has 0 amide bonds. The molecular formula is C6H9O10P3SZr2. The average Bonchev–Trinajstić information content (AvgIpc) is 2.25. The van der Waals surface area contributed by atoms with E-state index >= 15 is 0 Å². The number of hydrogen-bond acceptors (Lipinski definition) is 9. The van der Waals surface area contributed by atoms with Gasteiger partial charge in [-0.25, -0.2) is 8.62 Å². The van der Waals surface area contributed by atoms with Gasteiger partial charge < -0.3 is 19.6 Å². The predicted octanol–water partition coefficient (Wildman–Crippen LogP) is 0.203. The van der Waals surface area contributed by atoms with Crippen molar-refractivity contribution in [3.8, 4) is 0 Å². The molecule has 0 spiro atoms. The van der Waals surface area contributed by atoms with Crippen LogP contribution in [0, 0.1) is 0 Å². The van der Waals surface area contributed by atoms with E-state index in [2.05, 4.69) is 8.62 Å². The van der Waals surface area contributed by atoms with Crippen molar-refractivity contribution in [1.29, 1.82) is 0 Å². The van der Waals surface area contributed by atoms with Gasteiger partial charge in [-0.3, -0.25) is 9.12 Å². The molecule has 0 atom stereocenters. The van der Waals surface area contributed by atoms with Crippen molar-refractivity contribution in [2.45, 2.75) is 4.90 Å². The van der Waals surface area contributed by atoms with Gasteiger partial charge in [-0.15, -0.1) is 0 Å². The van der Waals surface area contributed by atoms with Gasteiger partial charge in [0.1, 0.15) is 4.90 Å². The van der Waals surface area contributed by atoms with Crippen molar-refractivity contribution in [2.75, 3.05) is 0 Å². The molecule has 0 saturated carbocycles. The standard InChI is InChI=1S/C6H9O10P3S.2Zr/c7-17(8)15-19(11,16-18(9)10)5-3-1-2-4-6(5)20(12,13)14;;/h1-4,7-10H,(H,12,13,14);;. The van der Waals surface area contributed by atoms with Crippen molar-refractivity contribution in [2.24, 2.45) is 0 Å². The summed E-state index contributed by atoms with van der Waals surface area (Å²) < 4.78 is 52.0. The van der Waals surface area contributed by atoms with E-state index in [1.165, 1.54) is 12.1 Å². The summed E-state index contributed by atoms with van der Waals surface area (Å²) in [4.78, 5) is 34.0. The zero-order chi connectivity index (χ0) is 15.6. The maximum absolute atomic E-state index is 12.3. The summed E-state index contributed by atoms with van der Waals surface area (Å²) in [5.41, 5.74) is 0. The maximum atomic E-state index is 12.3. The van der Waals surface area contributed by atoms with Gasteiger partial charge in [0, 0.05) is 52.4 Å². The monoisotopic (exact) mass is 546 g/mol. The van der Waals surface area contributed by atoms with Crippen LogP contribution in [0.25, 0.3) is 0 Å². The van der Waals surface area contributed by atoms with Crippen LogP contribution in [0.3, 0.4) is 0 Å². The average molecular weight is 549 g/mol. The molecule has 0 radical (unpaired) electrons. The van der Waals surface area contributed by atoms with E-state index in [1.807, 2.05) is 0 Å². The molecular weight excluding hydrogens is 539 g/mol. The fourth-order valence-corrected chi connectivity index (χ4v) is 5.70. The molecule has 22 heavy (non-hydrogen) atoms. The Morgan fingerprint density at radius 3 is 1.73 bits per heavy atom. The van der Waals surface area contributed by atoms with Crippen LogP contribution >= 0.6 is 24.8 Å². The first-order valence-electron chi connectivity index (χ1n) is 4.48. The van der Waals surface area contributed by atoms with E-state index < -0.39 is 45.1 Å². The first-order valence-corrected chi connectivity index (χ1v) is 9.80. The minimum Gasteiger partial charge on any atom is -0.328 e. The van der Waals surface area contributed by atoms with E-state index in [0.29, 0.717) is 0 Å². The van der Waals surface area contributed by atoms with E-state index in [0.717, 1.165) is 12.1 Å². The van der Waals surface area contributed by atoms with Crippen molar-refractivity contribution >= 4 is 40.2 Å². The van der Waals surface area contributed by atoms with E-state index in [-0.39, 0.29) is 52.4 Å². The molecule has 0 aliphatic carbocycles. The van der Waals surface area contributed by atoms with Gasteiger partial charge in [0.2, 0.25) is 0 Å². The summed E-state index contributed by atoms with van der Waals surface area (Å²) in [5.74, 6) is 0. The molecule has 1 aromatic rings. The summed E-state index contributed by atoms with van der Waals surface area (Å²) in [5, 5.41) is -0.770. The number of hydrogen-bond donors (Lipinski definition) is 5. The first kappa shape index (κ1) is 26.0. The van der Waals surface area contributed by atoms with E-state index in [4.69, 9.17) is 24.1 Å². The quantitative estimate of drug-likeness (QED) is 0.244. The molecule has 5 N–H and O–H groups in total. The summed E-state index contributed by atoms with van der Waals surface area (Å²) in [7, 11) is -16.2. The summed E-state index contributed by atoms with van der Waals surface area (Å²) in [6, 6.07) is 4.11. The molecule has 1 aromatic carbocycles. The van der Waals surface area contributed by atoms with Gasteiger partial charge in [-0.2, -0.15) is 8.42 Å². The van der Waals surface area contributed by atoms with E-state index in [9.17, 15) is 13.0 Å². The van der Waals surface area contributed by atoms with Crippen molar-refractivity contribution in [3.63, 3.8) is 0 Å². The Labute approximate surface area is 166 Å². The van der Waals surface area contributed by atoms with E-state index in [1.54, 1.807) is 0 Å². The topological polar surface area (TPSA) is 171 Å². The van der Waals surface area contributed by atoms with Gasteiger partial charge in [0.15, 0.2) is 0 Å². The molecule has 16 heteroatoms. The summed E-state index contributed by atoms with van der Waals surface area (Å²) in [6.45, 7) is 0. The van der Waals surface area contributed by atoms with Gasteiger partial charge in [-0.1, -0.05) is 12.1 Å². The summed E-state index contributed by atoms with van der Waals surface area (Å²) >= 11 is 0. The molecule has 0 unspecified atom stereocenters. The predicted molar refractivity (Wildman–Crippen MR) is 68.4 cm³/mol. The third-order valence-electron chi connectivity index (χ3n) is 1.80. The third-order valence-corrected chi connectivity index (χ3v) is 6.73. The zero-order valence-corrected chi connectivity index (χ0v) is 18.8. The molecule has 0 heterocycles. The normalized spacial score (nSPS) is 12.0. The molecule has 0 saturated heterocycles. The number of benzene rings is 1. The van der Waals surface area contributed by atoms with Crippen LogP contribution in [0.15, 0.2) is 29.2 Å². The van der Waals surface area contributed by atoms with Crippen molar-refractivity contribution in [3.05, 3.63) is 24.3 Å². The van der Waals surface area contributed by atoms with Gasteiger partial charge in [-0.05, 0) is 12.1 Å². The van der Waals surface area contributed by atoms with Crippen LogP contribution in [0.5, 0.6) is 0 Å². The maximum Gasteiger partial charge on any atom is 0.376 e. The van der Waals surface area contributed by atoms with Crippen LogP contribution in [0.2, 0.25) is 0 Å². The molecule has 0 aliphatic rings. The smallest absolute Gasteiger partial charge is 0.328 e. The van der Waals surface area contributed by atoms with Crippen LogP contribution in [-0.4, -0.2) is 32.5 Å². The second kappa shape index (κ2) is 10.7. The van der Waals surface area contributed by atoms with Crippen LogP contribution < -0.4 is 5.30 Å². The Bertz CT molecular complexity index is 609. The SMILES string of the molecule is O=P(OP(O)O)(OP(O)O)c1ccccc1S(=O)(=O)O.[Zr].[Zr]. The number of rotatable bonds is 6. The molecule has 0 aromatic heterocycles. The Hall–Kier alpha value is 1.75. The largest absolute Gasteiger partial charge is 0.376 e. The van der Waals surface area contributed by atoms with Crippen molar-refractivity contribution in [1.82, 2.24) is 0 Å². The Morgan fingerprint density at radius 1 is 0.955 bits per heavy atom.